The summed E-state index contributed by atoms with van der Waals surface area (Å²) in [6.45, 7) is 4.21. The van der Waals surface area contributed by atoms with E-state index in [0.717, 1.165) is 19.3 Å². The topological polar surface area (TPSA) is 85.6 Å². The molecule has 32 heavy (non-hydrogen) atoms. The second-order valence-electron chi connectivity index (χ2n) is 7.71. The fraction of sp³-hybridized carbons (Fsp3) is 0.375. The summed E-state index contributed by atoms with van der Waals surface area (Å²) in [4.78, 5) is 12.8. The van der Waals surface area contributed by atoms with E-state index in [1.165, 1.54) is 43.5 Å². The number of halogens is 1. The molecule has 172 valence electrons. The van der Waals surface area contributed by atoms with E-state index in [4.69, 9.17) is 20.8 Å². The molecule has 0 aliphatic heterocycles. The van der Waals surface area contributed by atoms with E-state index in [9.17, 15) is 13.2 Å². The molecular formula is C24H28ClNO5S. The summed E-state index contributed by atoms with van der Waals surface area (Å²) < 4.78 is 39.0. The van der Waals surface area contributed by atoms with E-state index in [2.05, 4.69) is 11.6 Å². The van der Waals surface area contributed by atoms with Crippen molar-refractivity contribution in [2.45, 2.75) is 57.3 Å². The molecule has 0 spiro atoms. The summed E-state index contributed by atoms with van der Waals surface area (Å²) in [5.41, 5.74) is 1.13. The number of carbonyl (C=O) groups is 1. The van der Waals surface area contributed by atoms with Gasteiger partial charge in [-0.05, 0) is 55.8 Å². The van der Waals surface area contributed by atoms with Gasteiger partial charge in [0.25, 0.3) is 10.0 Å². The molecule has 0 aliphatic carbocycles. The molecule has 3 rings (SSSR count). The summed E-state index contributed by atoms with van der Waals surface area (Å²) in [6, 6.07) is 10.7. The normalized spacial score (nSPS) is 11.6. The molecule has 0 unspecified atom stereocenters. The number of hydrogen-bond donors (Lipinski definition) is 1. The summed E-state index contributed by atoms with van der Waals surface area (Å²) >= 11 is 5.84. The number of hydrogen-bond acceptors (Lipinski definition) is 5. The highest BCUT2D eigenvalue weighted by Crippen LogP contribution is 2.30. The van der Waals surface area contributed by atoms with Gasteiger partial charge in [0.05, 0.1) is 11.5 Å². The minimum atomic E-state index is -3.81. The molecule has 0 saturated carbocycles. The summed E-state index contributed by atoms with van der Waals surface area (Å²) in [5.74, 6) is -0.0295. The number of furan rings is 1. The molecule has 3 aromatic rings. The fourth-order valence-electron chi connectivity index (χ4n) is 3.48. The van der Waals surface area contributed by atoms with Gasteiger partial charge < -0.3 is 9.15 Å². The van der Waals surface area contributed by atoms with E-state index in [-0.39, 0.29) is 4.90 Å². The van der Waals surface area contributed by atoms with Crippen molar-refractivity contribution in [1.29, 1.82) is 0 Å². The lowest BCUT2D eigenvalue weighted by molar-refractivity contribution is 0.0497. The second kappa shape index (κ2) is 10.9. The Morgan fingerprint density at radius 2 is 1.72 bits per heavy atom. The molecule has 1 N–H and O–H groups in total. The number of carbonyl (C=O) groups excluding carboxylic acids is 1. The molecule has 6 nitrogen and oxygen atoms in total. The smallest absolute Gasteiger partial charge is 0.342 e. The van der Waals surface area contributed by atoms with E-state index in [0.29, 0.717) is 39.6 Å². The van der Waals surface area contributed by atoms with Crippen molar-refractivity contribution in [3.63, 3.8) is 0 Å². The zero-order valence-corrected chi connectivity index (χ0v) is 19.9. The van der Waals surface area contributed by atoms with Crippen LogP contribution >= 0.6 is 11.6 Å². The molecule has 0 atom stereocenters. The minimum Gasteiger partial charge on any atom is -0.462 e. The van der Waals surface area contributed by atoms with E-state index in [1.54, 1.807) is 25.1 Å². The van der Waals surface area contributed by atoms with Crippen LogP contribution in [0.1, 0.15) is 61.6 Å². The van der Waals surface area contributed by atoms with Gasteiger partial charge >= 0.3 is 5.97 Å². The van der Waals surface area contributed by atoms with Gasteiger partial charge in [-0.3, -0.25) is 4.72 Å². The predicted molar refractivity (Wildman–Crippen MR) is 127 cm³/mol. The Hall–Kier alpha value is -2.51. The van der Waals surface area contributed by atoms with Crippen LogP contribution in [0.25, 0.3) is 11.0 Å². The van der Waals surface area contributed by atoms with Crippen molar-refractivity contribution in [1.82, 2.24) is 0 Å². The number of esters is 1. The molecule has 0 aliphatic rings. The Morgan fingerprint density at radius 1 is 1.03 bits per heavy atom. The molecule has 0 radical (unpaired) electrons. The average Bonchev–Trinajstić information content (AvgIpc) is 3.08. The van der Waals surface area contributed by atoms with Gasteiger partial charge in [-0.25, -0.2) is 13.2 Å². The fourth-order valence-corrected chi connectivity index (χ4v) is 4.66. The first-order chi connectivity index (χ1) is 15.3. The molecule has 1 aromatic heterocycles. The predicted octanol–water partition coefficient (Wildman–Crippen LogP) is 6.71. The number of rotatable bonds is 11. The highest BCUT2D eigenvalue weighted by molar-refractivity contribution is 7.92. The largest absolute Gasteiger partial charge is 0.462 e. The highest BCUT2D eigenvalue weighted by atomic mass is 35.5. The molecule has 2 aromatic carbocycles. The van der Waals surface area contributed by atoms with Crippen LogP contribution in [0.15, 0.2) is 51.8 Å². The van der Waals surface area contributed by atoms with Gasteiger partial charge in [0, 0.05) is 16.1 Å². The summed E-state index contributed by atoms with van der Waals surface area (Å²) in [7, 11) is -3.81. The van der Waals surface area contributed by atoms with Crippen molar-refractivity contribution in [3.05, 3.63) is 58.8 Å². The van der Waals surface area contributed by atoms with Crippen molar-refractivity contribution >= 4 is 44.3 Å². The molecule has 0 saturated heterocycles. The van der Waals surface area contributed by atoms with Crippen molar-refractivity contribution in [3.8, 4) is 0 Å². The quantitative estimate of drug-likeness (QED) is 0.245. The Balaban J connectivity index is 1.72. The molecule has 0 fully saturated rings. The highest BCUT2D eigenvalue weighted by Gasteiger charge is 2.21. The van der Waals surface area contributed by atoms with Crippen LogP contribution < -0.4 is 4.72 Å². The monoisotopic (exact) mass is 477 g/mol. The summed E-state index contributed by atoms with van der Waals surface area (Å²) in [5, 5.41) is 0.954. The maximum absolute atomic E-state index is 12.7. The number of anilines is 1. The number of aryl methyl sites for hydroxylation is 1. The van der Waals surface area contributed by atoms with Crippen LogP contribution in [0, 0.1) is 6.92 Å². The lowest BCUT2D eigenvalue weighted by Gasteiger charge is -2.09. The Morgan fingerprint density at radius 3 is 2.44 bits per heavy atom. The second-order valence-corrected chi connectivity index (χ2v) is 9.83. The zero-order chi connectivity index (χ0) is 23.1. The first-order valence-electron chi connectivity index (χ1n) is 10.8. The minimum absolute atomic E-state index is 0.0870. The number of benzene rings is 2. The Bertz CT molecular complexity index is 1170. The number of ether oxygens (including phenoxy) is 1. The van der Waals surface area contributed by atoms with Gasteiger partial charge in [0.15, 0.2) is 0 Å². The van der Waals surface area contributed by atoms with E-state index < -0.39 is 16.0 Å². The third-order valence-corrected chi connectivity index (χ3v) is 6.82. The van der Waals surface area contributed by atoms with E-state index in [1.807, 2.05) is 0 Å². The van der Waals surface area contributed by atoms with E-state index >= 15 is 0 Å². The maximum atomic E-state index is 12.7. The van der Waals surface area contributed by atoms with Crippen LogP contribution in [0.4, 0.5) is 5.69 Å². The average molecular weight is 478 g/mol. The first-order valence-corrected chi connectivity index (χ1v) is 12.7. The molecule has 0 amide bonds. The molecule has 8 heteroatoms. The lowest BCUT2D eigenvalue weighted by atomic mass is 10.1. The van der Waals surface area contributed by atoms with Crippen LogP contribution in [0.5, 0.6) is 0 Å². The van der Waals surface area contributed by atoms with Crippen molar-refractivity contribution in [2.24, 2.45) is 0 Å². The van der Waals surface area contributed by atoms with Crippen LogP contribution in [0.3, 0.4) is 0 Å². The van der Waals surface area contributed by atoms with Crippen LogP contribution in [-0.2, 0) is 14.8 Å². The van der Waals surface area contributed by atoms with Crippen LogP contribution in [0.2, 0.25) is 5.02 Å². The number of sulfonamides is 1. The lowest BCUT2D eigenvalue weighted by Crippen LogP contribution is -2.13. The standard InChI is InChI=1S/C24H28ClNO5S/c1-3-4-5-6-7-8-15-30-24(27)23-17(2)31-22-14-11-19(16-21(22)23)26-32(28,29)20-12-9-18(25)10-13-20/h9-14,16,26H,3-8,15H2,1-2H3. The van der Waals surface area contributed by atoms with Gasteiger partial charge in [0.1, 0.15) is 16.9 Å². The Kier molecular flexibility index (Phi) is 8.21. The SMILES string of the molecule is CCCCCCCCOC(=O)c1c(C)oc2ccc(NS(=O)(=O)c3ccc(Cl)cc3)cc12. The van der Waals surface area contributed by atoms with Crippen LogP contribution in [-0.4, -0.2) is 21.0 Å². The van der Waals surface area contributed by atoms with Crippen molar-refractivity contribution in [2.75, 3.05) is 11.3 Å². The molecular weight excluding hydrogens is 450 g/mol. The third kappa shape index (κ3) is 6.04. The Labute approximate surface area is 194 Å². The summed E-state index contributed by atoms with van der Waals surface area (Å²) in [6.07, 6.45) is 6.59. The number of nitrogens with one attached hydrogen (secondary N) is 1. The maximum Gasteiger partial charge on any atom is 0.342 e. The molecule has 0 bridgehead atoms. The van der Waals surface area contributed by atoms with Gasteiger partial charge in [-0.15, -0.1) is 0 Å². The van der Waals surface area contributed by atoms with Gasteiger partial charge in [-0.2, -0.15) is 0 Å². The number of fused-ring (bicyclic) bond motifs is 1. The third-order valence-electron chi connectivity index (χ3n) is 5.18. The molecule has 1 heterocycles. The zero-order valence-electron chi connectivity index (χ0n) is 18.3. The number of unbranched alkanes of at least 4 members (excludes halogenated alkanes) is 5. The van der Waals surface area contributed by atoms with Gasteiger partial charge in [-0.1, -0.05) is 50.6 Å². The van der Waals surface area contributed by atoms with Gasteiger partial charge in [0.2, 0.25) is 0 Å². The van der Waals surface area contributed by atoms with Crippen molar-refractivity contribution < 1.29 is 22.4 Å². The first kappa shape index (κ1) is 24.1.